The lowest BCUT2D eigenvalue weighted by Crippen LogP contribution is -2.16. The molecule has 160 valence electrons. The van der Waals surface area contributed by atoms with Gasteiger partial charge in [0, 0.05) is 38.3 Å². The van der Waals surface area contributed by atoms with Crippen molar-refractivity contribution in [3.63, 3.8) is 0 Å². The highest BCUT2D eigenvalue weighted by molar-refractivity contribution is 7.15. The Morgan fingerprint density at radius 3 is 2.72 bits per heavy atom. The zero-order valence-electron chi connectivity index (χ0n) is 17.1. The number of carbonyl (C=O) groups is 1. The molecule has 32 heavy (non-hydrogen) atoms. The summed E-state index contributed by atoms with van der Waals surface area (Å²) in [6.45, 7) is 2.07. The largest absolute Gasteiger partial charge is 0.439 e. The molecule has 0 unspecified atom stereocenters. The van der Waals surface area contributed by atoms with Gasteiger partial charge in [-0.2, -0.15) is 0 Å². The number of hydrogen-bond acceptors (Lipinski definition) is 5. The molecule has 0 aliphatic heterocycles. The molecular weight excluding hydrogens is 448 g/mol. The van der Waals surface area contributed by atoms with E-state index in [1.807, 2.05) is 29.8 Å². The number of nitrogens with zero attached hydrogens (tertiary/aromatic N) is 2. The van der Waals surface area contributed by atoms with Gasteiger partial charge in [0.2, 0.25) is 0 Å². The monoisotopic (exact) mass is 464 g/mol. The van der Waals surface area contributed by atoms with Crippen LogP contribution in [-0.4, -0.2) is 20.6 Å². The Balaban J connectivity index is 1.56. The van der Waals surface area contributed by atoms with Gasteiger partial charge in [0.15, 0.2) is 5.82 Å². The molecule has 0 aliphatic carbocycles. The SMILES string of the molecule is Cc1ccc(-c2cccc3cc(C(=O)Nc4ccc(Cl)cc4-c4noc(=O)[nH]4)n(C)c23)s1. The first-order valence-electron chi connectivity index (χ1n) is 9.73. The predicted molar refractivity (Wildman–Crippen MR) is 126 cm³/mol. The van der Waals surface area contributed by atoms with Crippen LogP contribution in [0.15, 0.2) is 63.9 Å². The van der Waals surface area contributed by atoms with Gasteiger partial charge in [0.1, 0.15) is 5.69 Å². The maximum absolute atomic E-state index is 13.3. The average Bonchev–Trinajstić information content (AvgIpc) is 3.48. The molecule has 5 aromatic rings. The van der Waals surface area contributed by atoms with Crippen LogP contribution >= 0.6 is 22.9 Å². The van der Waals surface area contributed by atoms with Gasteiger partial charge in [-0.3, -0.25) is 14.3 Å². The number of thiophene rings is 1. The molecule has 0 atom stereocenters. The number of halogens is 1. The number of aryl methyl sites for hydroxylation is 2. The molecule has 0 spiro atoms. The molecule has 9 heteroatoms. The van der Waals surface area contributed by atoms with Crippen molar-refractivity contribution in [2.45, 2.75) is 6.92 Å². The first kappa shape index (κ1) is 20.3. The minimum absolute atomic E-state index is 0.181. The maximum Gasteiger partial charge on any atom is 0.439 e. The summed E-state index contributed by atoms with van der Waals surface area (Å²) in [5.74, 6) is -0.811. The van der Waals surface area contributed by atoms with Gasteiger partial charge in [-0.1, -0.05) is 35.0 Å². The minimum Gasteiger partial charge on any atom is -0.339 e. The summed E-state index contributed by atoms with van der Waals surface area (Å²) in [7, 11) is 1.87. The Bertz CT molecular complexity index is 1540. The molecule has 3 aromatic heterocycles. The van der Waals surface area contributed by atoms with Crippen molar-refractivity contribution in [3.8, 4) is 21.8 Å². The predicted octanol–water partition coefficient (Wildman–Crippen LogP) is 5.46. The van der Waals surface area contributed by atoms with Gasteiger partial charge < -0.3 is 9.88 Å². The van der Waals surface area contributed by atoms with Gasteiger partial charge >= 0.3 is 5.76 Å². The van der Waals surface area contributed by atoms with Crippen LogP contribution in [-0.2, 0) is 7.05 Å². The second-order valence-corrected chi connectivity index (χ2v) is 9.05. The third-order valence-electron chi connectivity index (χ3n) is 5.22. The van der Waals surface area contributed by atoms with Gasteiger partial charge in [-0.05, 0) is 43.3 Å². The molecule has 0 saturated carbocycles. The van der Waals surface area contributed by atoms with E-state index in [0.717, 1.165) is 21.3 Å². The Morgan fingerprint density at radius 2 is 2.00 bits per heavy atom. The third-order valence-corrected chi connectivity index (χ3v) is 6.49. The zero-order chi connectivity index (χ0) is 22.4. The maximum atomic E-state index is 13.3. The van der Waals surface area contributed by atoms with E-state index < -0.39 is 5.76 Å². The highest BCUT2D eigenvalue weighted by Crippen LogP contribution is 2.35. The Kier molecular flexibility index (Phi) is 4.96. The summed E-state index contributed by atoms with van der Waals surface area (Å²) in [5.41, 5.74) is 3.45. The van der Waals surface area contributed by atoms with E-state index in [9.17, 15) is 9.59 Å². The van der Waals surface area contributed by atoms with Crippen molar-refractivity contribution in [1.29, 1.82) is 0 Å². The summed E-state index contributed by atoms with van der Waals surface area (Å²) in [5, 5.41) is 8.02. The quantitative estimate of drug-likeness (QED) is 0.369. The third kappa shape index (κ3) is 3.53. The fourth-order valence-electron chi connectivity index (χ4n) is 3.77. The summed E-state index contributed by atoms with van der Waals surface area (Å²) in [6.07, 6.45) is 0. The molecule has 0 fully saturated rings. The second-order valence-electron chi connectivity index (χ2n) is 7.33. The molecule has 0 saturated heterocycles. The lowest BCUT2D eigenvalue weighted by molar-refractivity contribution is 0.102. The Labute approximate surface area is 191 Å². The van der Waals surface area contributed by atoms with Crippen LogP contribution < -0.4 is 11.1 Å². The van der Waals surface area contributed by atoms with E-state index in [0.29, 0.717) is 22.0 Å². The summed E-state index contributed by atoms with van der Waals surface area (Å²) in [6, 6.07) is 17.0. The van der Waals surface area contributed by atoms with E-state index in [-0.39, 0.29) is 11.7 Å². The van der Waals surface area contributed by atoms with Crippen LogP contribution in [0, 0.1) is 6.92 Å². The van der Waals surface area contributed by atoms with Crippen LogP contribution in [0.25, 0.3) is 32.7 Å². The smallest absolute Gasteiger partial charge is 0.339 e. The van der Waals surface area contributed by atoms with E-state index in [1.165, 1.54) is 4.88 Å². The van der Waals surface area contributed by atoms with E-state index in [4.69, 9.17) is 11.6 Å². The molecule has 1 amide bonds. The number of carbonyl (C=O) groups excluding carboxylic acids is 1. The van der Waals surface area contributed by atoms with E-state index >= 15 is 0 Å². The fourth-order valence-corrected chi connectivity index (χ4v) is 4.83. The Morgan fingerprint density at radius 1 is 1.16 bits per heavy atom. The summed E-state index contributed by atoms with van der Waals surface area (Å²) in [4.78, 5) is 29.5. The number of amides is 1. The normalized spacial score (nSPS) is 11.2. The van der Waals surface area contributed by atoms with Crippen molar-refractivity contribution < 1.29 is 9.32 Å². The highest BCUT2D eigenvalue weighted by Gasteiger charge is 2.19. The van der Waals surface area contributed by atoms with Crippen LogP contribution in [0.5, 0.6) is 0 Å². The van der Waals surface area contributed by atoms with Gasteiger partial charge in [-0.15, -0.1) is 11.3 Å². The molecular formula is C23H17ClN4O3S. The van der Waals surface area contributed by atoms with Crippen LogP contribution in [0.4, 0.5) is 5.69 Å². The summed E-state index contributed by atoms with van der Waals surface area (Å²) < 4.78 is 6.49. The molecule has 5 rings (SSSR count). The number of hydrogen-bond donors (Lipinski definition) is 2. The number of anilines is 1. The Hall–Kier alpha value is -3.62. The summed E-state index contributed by atoms with van der Waals surface area (Å²) >= 11 is 7.83. The highest BCUT2D eigenvalue weighted by atomic mass is 35.5. The first-order valence-corrected chi connectivity index (χ1v) is 10.9. The van der Waals surface area contributed by atoms with E-state index in [1.54, 1.807) is 29.5 Å². The van der Waals surface area contributed by atoms with Crippen LogP contribution in [0.1, 0.15) is 15.4 Å². The number of para-hydroxylation sites is 1. The minimum atomic E-state index is -0.692. The van der Waals surface area contributed by atoms with Gasteiger partial charge in [0.25, 0.3) is 5.91 Å². The van der Waals surface area contributed by atoms with Crippen molar-refractivity contribution >= 4 is 45.4 Å². The number of aromatic amines is 1. The van der Waals surface area contributed by atoms with Crippen molar-refractivity contribution in [3.05, 3.63) is 80.7 Å². The standard InChI is InChI=1S/C23H17ClN4O3S/c1-12-6-9-19(32-12)15-5-3-4-13-10-18(28(2)20(13)15)22(29)25-17-8-7-14(24)11-16(17)21-26-23(30)31-27-21/h3-11H,1-2H3,(H,25,29)(H,26,27,30). The number of aromatic nitrogens is 3. The van der Waals surface area contributed by atoms with Gasteiger partial charge in [0.05, 0.1) is 11.2 Å². The molecule has 0 radical (unpaired) electrons. The first-order chi connectivity index (χ1) is 15.4. The molecule has 0 aliphatic rings. The van der Waals surface area contributed by atoms with Crippen LogP contribution in [0.3, 0.4) is 0 Å². The fraction of sp³-hybridized carbons (Fsp3) is 0.0870. The number of rotatable bonds is 4. The van der Waals surface area contributed by atoms with Crippen molar-refractivity contribution in [2.24, 2.45) is 7.05 Å². The molecule has 7 nitrogen and oxygen atoms in total. The van der Waals surface area contributed by atoms with Crippen molar-refractivity contribution in [1.82, 2.24) is 14.7 Å². The lowest BCUT2D eigenvalue weighted by atomic mass is 10.1. The molecule has 2 N–H and O–H groups in total. The van der Waals surface area contributed by atoms with E-state index in [2.05, 4.69) is 45.1 Å². The lowest BCUT2D eigenvalue weighted by Gasteiger charge is -2.11. The molecule has 3 heterocycles. The molecule has 0 bridgehead atoms. The van der Waals surface area contributed by atoms with Crippen molar-refractivity contribution in [2.75, 3.05) is 5.32 Å². The topological polar surface area (TPSA) is 92.9 Å². The number of nitrogens with one attached hydrogen (secondary N) is 2. The number of H-pyrrole nitrogens is 1. The average molecular weight is 465 g/mol. The zero-order valence-corrected chi connectivity index (χ0v) is 18.7. The molecule has 2 aromatic carbocycles. The second kappa shape index (κ2) is 7.81. The van der Waals surface area contributed by atoms with Gasteiger partial charge in [-0.25, -0.2) is 4.79 Å². The van der Waals surface area contributed by atoms with Crippen LogP contribution in [0.2, 0.25) is 5.02 Å². The number of benzene rings is 2. The number of fused-ring (bicyclic) bond motifs is 1.